The summed E-state index contributed by atoms with van der Waals surface area (Å²) in [6.45, 7) is 6.69. The maximum Gasteiger partial charge on any atom is 0.0398 e. The van der Waals surface area contributed by atoms with Gasteiger partial charge in [-0.15, -0.1) is 0 Å². The molecule has 0 spiro atoms. The van der Waals surface area contributed by atoms with Crippen molar-refractivity contribution in [3.8, 4) is 0 Å². The van der Waals surface area contributed by atoms with Crippen LogP contribution >= 0.6 is 0 Å². The van der Waals surface area contributed by atoms with E-state index in [1.54, 1.807) is 0 Å². The molecule has 1 unspecified atom stereocenters. The number of rotatable bonds is 4. The number of para-hydroxylation sites is 1. The molecule has 1 aromatic rings. The molecule has 2 nitrogen and oxygen atoms in total. The molecule has 1 aromatic carbocycles. The molecule has 2 rings (SSSR count). The molecule has 0 radical (unpaired) electrons. The normalized spacial score (nSPS) is 17.4. The lowest BCUT2D eigenvalue weighted by atomic mass is 10.0. The average molecular weight is 246 g/mol. The number of hydrogen-bond acceptors (Lipinski definition) is 2. The zero-order chi connectivity index (χ0) is 13.0. The zero-order valence-electron chi connectivity index (χ0n) is 11.7. The van der Waals surface area contributed by atoms with Gasteiger partial charge in [0.2, 0.25) is 0 Å². The molecule has 0 aliphatic carbocycles. The van der Waals surface area contributed by atoms with Gasteiger partial charge >= 0.3 is 0 Å². The Hall–Kier alpha value is -1.02. The van der Waals surface area contributed by atoms with Crippen LogP contribution in [-0.2, 0) is 6.42 Å². The van der Waals surface area contributed by atoms with Gasteiger partial charge in [-0.05, 0) is 43.2 Å². The SMILES string of the molecule is CC(C)C(N)CCN1CCCCc2ccccc21. The largest absolute Gasteiger partial charge is 0.371 e. The lowest BCUT2D eigenvalue weighted by Gasteiger charge is -2.27. The van der Waals surface area contributed by atoms with Gasteiger partial charge in [-0.25, -0.2) is 0 Å². The first-order valence-electron chi connectivity index (χ1n) is 7.27. The smallest absolute Gasteiger partial charge is 0.0398 e. The van der Waals surface area contributed by atoms with Crippen molar-refractivity contribution in [2.45, 2.75) is 45.6 Å². The monoisotopic (exact) mass is 246 g/mol. The zero-order valence-corrected chi connectivity index (χ0v) is 11.7. The van der Waals surface area contributed by atoms with E-state index in [0.29, 0.717) is 12.0 Å². The highest BCUT2D eigenvalue weighted by Gasteiger charge is 2.16. The number of nitrogens with zero attached hydrogens (tertiary/aromatic N) is 1. The number of hydrogen-bond donors (Lipinski definition) is 1. The van der Waals surface area contributed by atoms with Crippen molar-refractivity contribution in [1.82, 2.24) is 0 Å². The number of nitrogens with two attached hydrogens (primary N) is 1. The van der Waals surface area contributed by atoms with Crippen molar-refractivity contribution in [2.24, 2.45) is 11.7 Å². The molecule has 1 aliphatic heterocycles. The van der Waals surface area contributed by atoms with Crippen LogP contribution in [0, 0.1) is 5.92 Å². The molecule has 0 aromatic heterocycles. The summed E-state index contributed by atoms with van der Waals surface area (Å²) in [6.07, 6.45) is 4.92. The van der Waals surface area contributed by atoms with Gasteiger partial charge < -0.3 is 10.6 Å². The van der Waals surface area contributed by atoms with E-state index in [2.05, 4.69) is 43.0 Å². The Balaban J connectivity index is 2.04. The first-order valence-corrected chi connectivity index (χ1v) is 7.27. The second-order valence-corrected chi connectivity index (χ2v) is 5.77. The predicted molar refractivity (Wildman–Crippen MR) is 79.0 cm³/mol. The van der Waals surface area contributed by atoms with Crippen LogP contribution < -0.4 is 10.6 Å². The fourth-order valence-electron chi connectivity index (χ4n) is 2.64. The second-order valence-electron chi connectivity index (χ2n) is 5.77. The van der Waals surface area contributed by atoms with E-state index in [9.17, 15) is 0 Å². The van der Waals surface area contributed by atoms with Crippen molar-refractivity contribution in [3.05, 3.63) is 29.8 Å². The van der Waals surface area contributed by atoms with Crippen molar-refractivity contribution < 1.29 is 0 Å². The van der Waals surface area contributed by atoms with Gasteiger partial charge in [0.25, 0.3) is 0 Å². The lowest BCUT2D eigenvalue weighted by molar-refractivity contribution is 0.462. The van der Waals surface area contributed by atoms with Gasteiger partial charge in [0.15, 0.2) is 0 Å². The quantitative estimate of drug-likeness (QED) is 0.884. The van der Waals surface area contributed by atoms with E-state index in [0.717, 1.165) is 13.0 Å². The molecule has 1 heterocycles. The van der Waals surface area contributed by atoms with Crippen LogP contribution in [0.15, 0.2) is 24.3 Å². The van der Waals surface area contributed by atoms with Crippen molar-refractivity contribution in [2.75, 3.05) is 18.0 Å². The molecule has 0 fully saturated rings. The number of anilines is 1. The third kappa shape index (κ3) is 3.26. The van der Waals surface area contributed by atoms with E-state index >= 15 is 0 Å². The van der Waals surface area contributed by atoms with Gasteiger partial charge in [-0.1, -0.05) is 32.0 Å². The van der Waals surface area contributed by atoms with Gasteiger partial charge in [0.05, 0.1) is 0 Å². The molecule has 0 saturated heterocycles. The first-order chi connectivity index (χ1) is 8.68. The van der Waals surface area contributed by atoms with E-state index in [1.165, 1.54) is 37.1 Å². The molecule has 0 bridgehead atoms. The standard InChI is InChI=1S/C16H26N2/c1-13(2)15(17)10-12-18-11-6-5-8-14-7-3-4-9-16(14)18/h3-4,7,9,13,15H,5-6,8,10-12,17H2,1-2H3. The topological polar surface area (TPSA) is 29.3 Å². The Kier molecular flexibility index (Phi) is 4.65. The fraction of sp³-hybridized carbons (Fsp3) is 0.625. The van der Waals surface area contributed by atoms with Crippen LogP contribution in [0.25, 0.3) is 0 Å². The Morgan fingerprint density at radius 1 is 1.22 bits per heavy atom. The minimum atomic E-state index is 0.320. The molecular formula is C16H26N2. The summed E-state index contributed by atoms with van der Waals surface area (Å²) in [7, 11) is 0. The van der Waals surface area contributed by atoms with Gasteiger partial charge in [0, 0.05) is 24.8 Å². The fourth-order valence-corrected chi connectivity index (χ4v) is 2.64. The van der Waals surface area contributed by atoms with E-state index in [-0.39, 0.29) is 0 Å². The highest BCUT2D eigenvalue weighted by molar-refractivity contribution is 5.54. The molecule has 2 N–H and O–H groups in total. The molecular weight excluding hydrogens is 220 g/mol. The summed E-state index contributed by atoms with van der Waals surface area (Å²) in [4.78, 5) is 2.53. The summed E-state index contributed by atoms with van der Waals surface area (Å²) in [5.74, 6) is 0.576. The van der Waals surface area contributed by atoms with Gasteiger partial charge in [0.1, 0.15) is 0 Å². The number of aryl methyl sites for hydroxylation is 1. The van der Waals surface area contributed by atoms with Crippen LogP contribution in [0.3, 0.4) is 0 Å². The molecule has 0 saturated carbocycles. The molecule has 18 heavy (non-hydrogen) atoms. The summed E-state index contributed by atoms with van der Waals surface area (Å²) >= 11 is 0. The minimum absolute atomic E-state index is 0.320. The van der Waals surface area contributed by atoms with Crippen LogP contribution in [0.4, 0.5) is 5.69 Å². The molecule has 100 valence electrons. The van der Waals surface area contributed by atoms with E-state index in [1.807, 2.05) is 0 Å². The van der Waals surface area contributed by atoms with E-state index in [4.69, 9.17) is 5.73 Å². The molecule has 1 aliphatic rings. The highest BCUT2D eigenvalue weighted by Crippen LogP contribution is 2.26. The van der Waals surface area contributed by atoms with Crippen LogP contribution in [-0.4, -0.2) is 19.1 Å². The van der Waals surface area contributed by atoms with Crippen molar-refractivity contribution >= 4 is 5.69 Å². The third-order valence-corrected chi connectivity index (χ3v) is 4.05. The van der Waals surface area contributed by atoms with Crippen LogP contribution in [0.5, 0.6) is 0 Å². The van der Waals surface area contributed by atoms with Crippen molar-refractivity contribution in [1.29, 1.82) is 0 Å². The molecule has 2 heteroatoms. The Bertz CT molecular complexity index is 373. The first kappa shape index (κ1) is 13.4. The van der Waals surface area contributed by atoms with Crippen LogP contribution in [0.1, 0.15) is 38.7 Å². The number of fused-ring (bicyclic) bond motifs is 1. The van der Waals surface area contributed by atoms with Crippen molar-refractivity contribution in [3.63, 3.8) is 0 Å². The highest BCUT2D eigenvalue weighted by atomic mass is 15.1. The molecule has 0 amide bonds. The summed E-state index contributed by atoms with van der Waals surface area (Å²) in [5, 5.41) is 0. The summed E-state index contributed by atoms with van der Waals surface area (Å²) < 4.78 is 0. The maximum atomic E-state index is 6.17. The lowest BCUT2D eigenvalue weighted by Crippen LogP contribution is -2.34. The Morgan fingerprint density at radius 2 is 2.00 bits per heavy atom. The summed E-state index contributed by atoms with van der Waals surface area (Å²) in [5.41, 5.74) is 9.11. The van der Waals surface area contributed by atoms with Gasteiger partial charge in [-0.3, -0.25) is 0 Å². The van der Waals surface area contributed by atoms with Crippen LogP contribution in [0.2, 0.25) is 0 Å². The number of benzene rings is 1. The average Bonchev–Trinajstić information content (AvgIpc) is 2.58. The third-order valence-electron chi connectivity index (χ3n) is 4.05. The minimum Gasteiger partial charge on any atom is -0.371 e. The van der Waals surface area contributed by atoms with Gasteiger partial charge in [-0.2, -0.15) is 0 Å². The Morgan fingerprint density at radius 3 is 2.78 bits per heavy atom. The second kappa shape index (κ2) is 6.24. The summed E-state index contributed by atoms with van der Waals surface area (Å²) in [6, 6.07) is 9.17. The van der Waals surface area contributed by atoms with E-state index < -0.39 is 0 Å². The molecule has 1 atom stereocenters. The Labute approximate surface area is 111 Å². The predicted octanol–water partition coefficient (Wildman–Crippen LogP) is 3.20. The maximum absolute atomic E-state index is 6.17.